The van der Waals surface area contributed by atoms with E-state index in [4.69, 9.17) is 0 Å². The quantitative estimate of drug-likeness (QED) is 0.607. The van der Waals surface area contributed by atoms with E-state index in [9.17, 15) is 0 Å². The van der Waals surface area contributed by atoms with Gasteiger partial charge in [0.2, 0.25) is 0 Å². The second-order valence-corrected chi connectivity index (χ2v) is 2.89. The molecule has 0 bridgehead atoms. The van der Waals surface area contributed by atoms with Gasteiger partial charge in [-0.2, -0.15) is 0 Å². The minimum atomic E-state index is 1.21. The molecule has 0 aromatic heterocycles. The molecule has 0 atom stereocenters. The van der Waals surface area contributed by atoms with Crippen molar-refractivity contribution < 1.29 is 0 Å². The van der Waals surface area contributed by atoms with Crippen LogP contribution in [0.4, 0.5) is 0 Å². The van der Waals surface area contributed by atoms with Crippen molar-refractivity contribution in [2.24, 2.45) is 0 Å². The lowest BCUT2D eigenvalue weighted by Gasteiger charge is -1.89. The molecule has 9 heavy (non-hydrogen) atoms. The zero-order valence-electron chi connectivity index (χ0n) is 4.97. The SMILES string of the molecule is C=CC(I)=C1C=CC=C1. The third-order valence-electron chi connectivity index (χ3n) is 1.12. The first-order valence-electron chi connectivity index (χ1n) is 2.71. The molecule has 0 saturated carbocycles. The highest BCUT2D eigenvalue weighted by Crippen LogP contribution is 2.18. The molecule has 0 fully saturated rings. The summed E-state index contributed by atoms with van der Waals surface area (Å²) in [6.07, 6.45) is 10.1. The van der Waals surface area contributed by atoms with Crippen LogP contribution >= 0.6 is 22.6 Å². The second-order valence-electron chi connectivity index (χ2n) is 1.73. The summed E-state index contributed by atoms with van der Waals surface area (Å²) >= 11 is 2.27. The van der Waals surface area contributed by atoms with Gasteiger partial charge in [0.1, 0.15) is 0 Å². The maximum atomic E-state index is 3.67. The lowest BCUT2D eigenvalue weighted by Crippen LogP contribution is -1.68. The Hall–Kier alpha value is -0.310. The van der Waals surface area contributed by atoms with Gasteiger partial charge in [0.15, 0.2) is 0 Å². The Morgan fingerprint density at radius 2 is 2.00 bits per heavy atom. The molecule has 0 saturated heterocycles. The van der Waals surface area contributed by atoms with Crippen LogP contribution in [0.1, 0.15) is 0 Å². The largest absolute Gasteiger partial charge is 0.0980 e. The molecular formula is C8H7I. The Bertz CT molecular complexity index is 193. The summed E-state index contributed by atoms with van der Waals surface area (Å²) in [5, 5.41) is 0. The van der Waals surface area contributed by atoms with E-state index in [1.807, 2.05) is 18.2 Å². The molecule has 0 heterocycles. The first-order valence-corrected chi connectivity index (χ1v) is 3.79. The summed E-state index contributed by atoms with van der Waals surface area (Å²) < 4.78 is 1.21. The Balaban J connectivity index is 2.93. The van der Waals surface area contributed by atoms with Gasteiger partial charge in [-0.05, 0) is 28.2 Å². The first kappa shape index (κ1) is 6.81. The van der Waals surface area contributed by atoms with Gasteiger partial charge in [0.05, 0.1) is 0 Å². The van der Waals surface area contributed by atoms with E-state index < -0.39 is 0 Å². The predicted molar refractivity (Wildman–Crippen MR) is 49.5 cm³/mol. The summed E-state index contributed by atoms with van der Waals surface area (Å²) in [5.74, 6) is 0. The van der Waals surface area contributed by atoms with E-state index in [1.54, 1.807) is 0 Å². The van der Waals surface area contributed by atoms with E-state index in [0.717, 1.165) is 0 Å². The zero-order chi connectivity index (χ0) is 6.69. The fourth-order valence-corrected chi connectivity index (χ4v) is 1.01. The van der Waals surface area contributed by atoms with Gasteiger partial charge in [0, 0.05) is 3.58 Å². The van der Waals surface area contributed by atoms with Gasteiger partial charge in [-0.3, -0.25) is 0 Å². The topological polar surface area (TPSA) is 0 Å². The third kappa shape index (κ3) is 1.55. The van der Waals surface area contributed by atoms with Gasteiger partial charge >= 0.3 is 0 Å². The molecule has 0 unspecified atom stereocenters. The average Bonchev–Trinajstić information content (AvgIpc) is 2.37. The second kappa shape index (κ2) is 3.01. The fraction of sp³-hybridized carbons (Fsp3) is 0. The van der Waals surface area contributed by atoms with Crippen LogP contribution in [-0.2, 0) is 0 Å². The molecule has 0 amide bonds. The van der Waals surface area contributed by atoms with Gasteiger partial charge in [-0.1, -0.05) is 37.0 Å². The van der Waals surface area contributed by atoms with Crippen molar-refractivity contribution in [2.75, 3.05) is 0 Å². The number of hydrogen-bond donors (Lipinski definition) is 0. The minimum Gasteiger partial charge on any atom is -0.0980 e. The van der Waals surface area contributed by atoms with Crippen molar-refractivity contribution in [1.29, 1.82) is 0 Å². The number of halogens is 1. The van der Waals surface area contributed by atoms with Crippen molar-refractivity contribution in [1.82, 2.24) is 0 Å². The molecule has 1 heteroatoms. The molecule has 0 spiro atoms. The molecule has 46 valence electrons. The van der Waals surface area contributed by atoms with Crippen LogP contribution in [0.5, 0.6) is 0 Å². The Morgan fingerprint density at radius 3 is 2.44 bits per heavy atom. The number of allylic oxidation sites excluding steroid dienone is 7. The van der Waals surface area contributed by atoms with Gasteiger partial charge in [-0.15, -0.1) is 0 Å². The Labute approximate surface area is 68.8 Å². The average molecular weight is 230 g/mol. The molecular weight excluding hydrogens is 223 g/mol. The lowest BCUT2D eigenvalue weighted by molar-refractivity contribution is 1.75. The molecule has 0 radical (unpaired) electrons. The van der Waals surface area contributed by atoms with Crippen molar-refractivity contribution in [2.45, 2.75) is 0 Å². The van der Waals surface area contributed by atoms with Gasteiger partial charge < -0.3 is 0 Å². The summed E-state index contributed by atoms with van der Waals surface area (Å²) in [4.78, 5) is 0. The minimum absolute atomic E-state index is 1.21. The maximum absolute atomic E-state index is 3.67. The zero-order valence-corrected chi connectivity index (χ0v) is 7.13. The molecule has 0 nitrogen and oxygen atoms in total. The molecule has 0 N–H and O–H groups in total. The summed E-state index contributed by atoms with van der Waals surface area (Å²) in [7, 11) is 0. The standard InChI is InChI=1S/C8H7I/c1-2-8(9)7-5-3-4-6-7/h2-6H,1H2. The van der Waals surface area contributed by atoms with E-state index in [1.165, 1.54) is 9.15 Å². The molecule has 0 aromatic rings. The van der Waals surface area contributed by atoms with Crippen molar-refractivity contribution >= 4 is 22.6 Å². The normalized spacial score (nSPS) is 14.6. The highest BCUT2D eigenvalue weighted by Gasteiger charge is 1.94. The Morgan fingerprint density at radius 1 is 1.44 bits per heavy atom. The molecule has 0 aliphatic heterocycles. The third-order valence-corrected chi connectivity index (χ3v) is 2.18. The molecule has 0 aromatic carbocycles. The molecule has 1 rings (SSSR count). The molecule has 1 aliphatic rings. The summed E-state index contributed by atoms with van der Waals surface area (Å²) in [5.41, 5.74) is 1.26. The van der Waals surface area contributed by atoms with E-state index in [2.05, 4.69) is 41.3 Å². The van der Waals surface area contributed by atoms with Crippen LogP contribution in [0, 0.1) is 0 Å². The lowest BCUT2D eigenvalue weighted by atomic mass is 10.3. The predicted octanol–water partition coefficient (Wildman–Crippen LogP) is 2.99. The first-order chi connectivity index (χ1) is 4.34. The van der Waals surface area contributed by atoms with Crippen molar-refractivity contribution in [3.63, 3.8) is 0 Å². The van der Waals surface area contributed by atoms with Crippen molar-refractivity contribution in [3.05, 3.63) is 46.1 Å². The smallest absolute Gasteiger partial charge is 0.0196 e. The van der Waals surface area contributed by atoms with Crippen LogP contribution in [0.15, 0.2) is 46.1 Å². The van der Waals surface area contributed by atoms with Gasteiger partial charge in [0.25, 0.3) is 0 Å². The van der Waals surface area contributed by atoms with E-state index >= 15 is 0 Å². The van der Waals surface area contributed by atoms with Crippen LogP contribution in [0.2, 0.25) is 0 Å². The van der Waals surface area contributed by atoms with Crippen LogP contribution < -0.4 is 0 Å². The monoisotopic (exact) mass is 230 g/mol. The highest BCUT2D eigenvalue weighted by molar-refractivity contribution is 14.1. The number of hydrogen-bond acceptors (Lipinski definition) is 0. The Kier molecular flexibility index (Phi) is 2.28. The van der Waals surface area contributed by atoms with Crippen LogP contribution in [-0.4, -0.2) is 0 Å². The summed E-state index contributed by atoms with van der Waals surface area (Å²) in [6.45, 7) is 3.67. The summed E-state index contributed by atoms with van der Waals surface area (Å²) in [6, 6.07) is 0. The van der Waals surface area contributed by atoms with Crippen molar-refractivity contribution in [3.8, 4) is 0 Å². The molecule has 1 aliphatic carbocycles. The van der Waals surface area contributed by atoms with Gasteiger partial charge in [-0.25, -0.2) is 0 Å². The number of rotatable bonds is 1. The van der Waals surface area contributed by atoms with Crippen LogP contribution in [0.3, 0.4) is 0 Å². The van der Waals surface area contributed by atoms with E-state index in [0.29, 0.717) is 0 Å². The van der Waals surface area contributed by atoms with Crippen LogP contribution in [0.25, 0.3) is 0 Å². The van der Waals surface area contributed by atoms with E-state index in [-0.39, 0.29) is 0 Å². The maximum Gasteiger partial charge on any atom is 0.0196 e. The highest BCUT2D eigenvalue weighted by atomic mass is 127. The fourth-order valence-electron chi connectivity index (χ4n) is 0.651.